The van der Waals surface area contributed by atoms with Gasteiger partial charge in [0.1, 0.15) is 0 Å². The van der Waals surface area contributed by atoms with Gasteiger partial charge in [-0.3, -0.25) is 0 Å². The molecule has 0 saturated heterocycles. The number of rotatable bonds is 1. The van der Waals surface area contributed by atoms with Crippen LogP contribution in [0.5, 0.6) is 0 Å². The molecule has 0 aromatic heterocycles. The smallest absolute Gasteiger partial charge is 0.0117 e. The van der Waals surface area contributed by atoms with E-state index in [-0.39, 0.29) is 0 Å². The summed E-state index contributed by atoms with van der Waals surface area (Å²) in [5, 5.41) is 0. The van der Waals surface area contributed by atoms with E-state index in [4.69, 9.17) is 0 Å². The molecule has 0 N–H and O–H groups in total. The van der Waals surface area contributed by atoms with Gasteiger partial charge in [-0.1, -0.05) is 49.8 Å². The molecule has 3 rings (SSSR count). The van der Waals surface area contributed by atoms with E-state index >= 15 is 0 Å². The first-order valence-electron chi connectivity index (χ1n) is 6.07. The van der Waals surface area contributed by atoms with Gasteiger partial charge in [0, 0.05) is 5.92 Å². The summed E-state index contributed by atoms with van der Waals surface area (Å²) in [6, 6.07) is 0. The molecule has 0 heteroatoms. The largest absolute Gasteiger partial charge is 0.0805 e. The first kappa shape index (κ1) is 9.21. The van der Waals surface area contributed by atoms with E-state index in [2.05, 4.69) is 44.2 Å². The summed E-state index contributed by atoms with van der Waals surface area (Å²) < 4.78 is 0. The van der Waals surface area contributed by atoms with Crippen molar-refractivity contribution in [1.29, 1.82) is 0 Å². The molecule has 0 aromatic carbocycles. The Morgan fingerprint density at radius 3 is 2.87 bits per heavy atom. The Bertz CT molecular complexity index is 402. The third-order valence-electron chi connectivity index (χ3n) is 4.00. The minimum atomic E-state index is 0.654. The van der Waals surface area contributed by atoms with E-state index in [1.165, 1.54) is 12.8 Å². The minimum absolute atomic E-state index is 0.654. The van der Waals surface area contributed by atoms with E-state index < -0.39 is 0 Å². The normalized spacial score (nSPS) is 32.3. The van der Waals surface area contributed by atoms with Gasteiger partial charge in [-0.2, -0.15) is 0 Å². The lowest BCUT2D eigenvalue weighted by Gasteiger charge is -2.30. The molecule has 0 radical (unpaired) electrons. The molecule has 0 bridgehead atoms. The highest BCUT2D eigenvalue weighted by molar-refractivity contribution is 5.51. The average Bonchev–Trinajstić information content (AvgIpc) is 2.64. The SMILES string of the molecule is CC(C)C1=CC=C2CCC3C=CC=C1C23. The summed E-state index contributed by atoms with van der Waals surface area (Å²) >= 11 is 0. The second-order valence-corrected chi connectivity index (χ2v) is 5.21. The number of hydrogen-bond acceptors (Lipinski definition) is 0. The fraction of sp³-hybridized carbons (Fsp3) is 0.467. The van der Waals surface area contributed by atoms with Crippen LogP contribution in [0.15, 0.2) is 47.1 Å². The predicted octanol–water partition coefficient (Wildman–Crippen LogP) is 4.03. The molecule has 0 amide bonds. The summed E-state index contributed by atoms with van der Waals surface area (Å²) in [5.74, 6) is 2.18. The first-order valence-corrected chi connectivity index (χ1v) is 6.07. The standard InChI is InChI=1S/C15H18/c1-10(2)13-9-8-12-7-6-11-4-3-5-14(13)15(11)12/h3-5,8-11,15H,6-7H2,1-2H3. The van der Waals surface area contributed by atoms with Crippen molar-refractivity contribution in [2.45, 2.75) is 26.7 Å². The zero-order chi connectivity index (χ0) is 10.4. The lowest BCUT2D eigenvalue weighted by Crippen LogP contribution is -2.18. The fourth-order valence-corrected chi connectivity index (χ4v) is 3.26. The van der Waals surface area contributed by atoms with Gasteiger partial charge in [-0.25, -0.2) is 0 Å². The second-order valence-electron chi connectivity index (χ2n) is 5.21. The monoisotopic (exact) mass is 198 g/mol. The van der Waals surface area contributed by atoms with Crippen molar-refractivity contribution >= 4 is 0 Å². The molecule has 78 valence electrons. The van der Waals surface area contributed by atoms with Gasteiger partial charge in [-0.05, 0) is 35.8 Å². The third kappa shape index (κ3) is 1.27. The Morgan fingerprint density at radius 1 is 1.20 bits per heavy atom. The van der Waals surface area contributed by atoms with Gasteiger partial charge in [0.2, 0.25) is 0 Å². The van der Waals surface area contributed by atoms with E-state index in [1.54, 1.807) is 16.7 Å². The quantitative estimate of drug-likeness (QED) is 0.596. The molecule has 0 nitrogen and oxygen atoms in total. The zero-order valence-electron chi connectivity index (χ0n) is 9.53. The highest BCUT2D eigenvalue weighted by atomic mass is 14.4. The molecule has 0 spiro atoms. The van der Waals surface area contributed by atoms with E-state index in [1.807, 2.05) is 0 Å². The number of hydrogen-bond donors (Lipinski definition) is 0. The molecule has 3 aliphatic carbocycles. The highest BCUT2D eigenvalue weighted by Gasteiger charge is 2.36. The molecule has 1 saturated carbocycles. The van der Waals surface area contributed by atoms with Crippen molar-refractivity contribution in [3.05, 3.63) is 47.1 Å². The lowest BCUT2D eigenvalue weighted by atomic mass is 9.74. The van der Waals surface area contributed by atoms with Crippen LogP contribution in [0.25, 0.3) is 0 Å². The van der Waals surface area contributed by atoms with E-state index in [9.17, 15) is 0 Å². The first-order chi connectivity index (χ1) is 7.27. The van der Waals surface area contributed by atoms with E-state index in [0.717, 1.165) is 11.8 Å². The van der Waals surface area contributed by atoms with Crippen molar-refractivity contribution < 1.29 is 0 Å². The summed E-state index contributed by atoms with van der Waals surface area (Å²) in [7, 11) is 0. The second kappa shape index (κ2) is 3.23. The fourth-order valence-electron chi connectivity index (χ4n) is 3.26. The van der Waals surface area contributed by atoms with E-state index in [0.29, 0.717) is 5.92 Å². The molecule has 3 aliphatic rings. The topological polar surface area (TPSA) is 0 Å². The van der Waals surface area contributed by atoms with Crippen molar-refractivity contribution in [2.75, 3.05) is 0 Å². The maximum atomic E-state index is 2.40. The van der Waals surface area contributed by atoms with Gasteiger partial charge < -0.3 is 0 Å². The summed E-state index contributed by atoms with van der Waals surface area (Å²) in [6.07, 6.45) is 14.4. The van der Waals surface area contributed by atoms with Crippen LogP contribution in [0.4, 0.5) is 0 Å². The zero-order valence-corrected chi connectivity index (χ0v) is 9.53. The van der Waals surface area contributed by atoms with Crippen LogP contribution >= 0.6 is 0 Å². The van der Waals surface area contributed by atoms with Crippen LogP contribution in [0.1, 0.15) is 26.7 Å². The van der Waals surface area contributed by atoms with Crippen LogP contribution in [-0.4, -0.2) is 0 Å². The van der Waals surface area contributed by atoms with Gasteiger partial charge in [0.15, 0.2) is 0 Å². The summed E-state index contributed by atoms with van der Waals surface area (Å²) in [5.41, 5.74) is 4.83. The Morgan fingerprint density at radius 2 is 2.07 bits per heavy atom. The molecule has 0 heterocycles. The number of allylic oxidation sites excluding steroid dienone is 8. The Labute approximate surface area is 92.1 Å². The van der Waals surface area contributed by atoms with Gasteiger partial charge in [0.05, 0.1) is 0 Å². The average molecular weight is 198 g/mol. The molecule has 2 atom stereocenters. The molecule has 1 fully saturated rings. The van der Waals surface area contributed by atoms with Gasteiger partial charge in [0.25, 0.3) is 0 Å². The molecule has 0 aliphatic heterocycles. The van der Waals surface area contributed by atoms with Crippen molar-refractivity contribution in [1.82, 2.24) is 0 Å². The molecular weight excluding hydrogens is 180 g/mol. The van der Waals surface area contributed by atoms with Crippen LogP contribution in [0, 0.1) is 17.8 Å². The molecule has 15 heavy (non-hydrogen) atoms. The Hall–Kier alpha value is -1.04. The molecule has 2 unspecified atom stereocenters. The van der Waals surface area contributed by atoms with Crippen molar-refractivity contribution in [3.8, 4) is 0 Å². The predicted molar refractivity (Wildman–Crippen MR) is 64.4 cm³/mol. The van der Waals surface area contributed by atoms with Gasteiger partial charge >= 0.3 is 0 Å². The molecular formula is C15H18. The van der Waals surface area contributed by atoms with Crippen LogP contribution < -0.4 is 0 Å². The van der Waals surface area contributed by atoms with Crippen LogP contribution in [0.2, 0.25) is 0 Å². The maximum absolute atomic E-state index is 2.40. The Balaban J connectivity index is 2.10. The van der Waals surface area contributed by atoms with Crippen molar-refractivity contribution in [2.24, 2.45) is 17.8 Å². The highest BCUT2D eigenvalue weighted by Crippen LogP contribution is 2.49. The summed E-state index contributed by atoms with van der Waals surface area (Å²) in [4.78, 5) is 0. The minimum Gasteiger partial charge on any atom is -0.0805 e. The van der Waals surface area contributed by atoms with Crippen LogP contribution in [-0.2, 0) is 0 Å². The van der Waals surface area contributed by atoms with Crippen LogP contribution in [0.3, 0.4) is 0 Å². The van der Waals surface area contributed by atoms with Gasteiger partial charge in [-0.15, -0.1) is 0 Å². The molecule has 0 aromatic rings. The lowest BCUT2D eigenvalue weighted by molar-refractivity contribution is 0.553. The Kier molecular flexibility index (Phi) is 1.98. The van der Waals surface area contributed by atoms with Crippen molar-refractivity contribution in [3.63, 3.8) is 0 Å². The maximum Gasteiger partial charge on any atom is 0.0117 e. The summed E-state index contributed by atoms with van der Waals surface area (Å²) in [6.45, 7) is 4.60. The third-order valence-corrected chi connectivity index (χ3v) is 4.00.